The second kappa shape index (κ2) is 6.65. The van der Waals surface area contributed by atoms with Crippen LogP contribution in [0.4, 0.5) is 5.69 Å². The lowest BCUT2D eigenvalue weighted by atomic mass is 10.0. The summed E-state index contributed by atoms with van der Waals surface area (Å²) in [5.41, 5.74) is 4.86. The Morgan fingerprint density at radius 3 is 2.71 bits per heavy atom. The van der Waals surface area contributed by atoms with E-state index in [0.29, 0.717) is 6.04 Å². The van der Waals surface area contributed by atoms with Crippen LogP contribution in [-0.2, 0) is 6.54 Å². The molecule has 0 atom stereocenters. The number of hydrogen-bond acceptors (Lipinski definition) is 3. The maximum atomic E-state index is 4.29. The van der Waals surface area contributed by atoms with E-state index in [-0.39, 0.29) is 0 Å². The molecule has 1 fully saturated rings. The number of likely N-dealkylation sites (tertiary alicyclic amines) is 1. The number of nitrogens with zero attached hydrogens (tertiary/aromatic N) is 3. The first-order chi connectivity index (χ1) is 11.8. The largest absolute Gasteiger partial charge is 0.372 e. The van der Waals surface area contributed by atoms with Crippen LogP contribution in [0.2, 0.25) is 0 Å². The van der Waals surface area contributed by atoms with Crippen LogP contribution in [0, 0.1) is 0 Å². The predicted octanol–water partition coefficient (Wildman–Crippen LogP) is 3.66. The second-order valence-electron chi connectivity index (χ2n) is 6.71. The van der Waals surface area contributed by atoms with Crippen LogP contribution in [0.5, 0.6) is 0 Å². The predicted molar refractivity (Wildman–Crippen MR) is 99.2 cm³/mol. The molecule has 1 aliphatic rings. The third kappa shape index (κ3) is 3.15. The molecule has 4 heteroatoms. The van der Waals surface area contributed by atoms with E-state index in [4.69, 9.17) is 0 Å². The summed E-state index contributed by atoms with van der Waals surface area (Å²) in [5, 5.41) is 0. The summed E-state index contributed by atoms with van der Waals surface area (Å²) < 4.78 is 0. The van der Waals surface area contributed by atoms with Crippen molar-refractivity contribution >= 4 is 16.7 Å². The van der Waals surface area contributed by atoms with Crippen LogP contribution in [0.25, 0.3) is 11.0 Å². The van der Waals surface area contributed by atoms with Gasteiger partial charge < -0.3 is 9.88 Å². The highest BCUT2D eigenvalue weighted by Crippen LogP contribution is 2.23. The number of nitrogens with one attached hydrogen (secondary N) is 1. The van der Waals surface area contributed by atoms with E-state index in [1.807, 2.05) is 0 Å². The molecule has 0 spiro atoms. The van der Waals surface area contributed by atoms with Crippen molar-refractivity contribution in [1.82, 2.24) is 14.9 Å². The molecule has 0 amide bonds. The van der Waals surface area contributed by atoms with Crippen molar-refractivity contribution in [3.8, 4) is 0 Å². The Labute approximate surface area is 143 Å². The normalized spacial score (nSPS) is 16.5. The fraction of sp³-hybridized carbons (Fsp3) is 0.350. The summed E-state index contributed by atoms with van der Waals surface area (Å²) >= 11 is 0. The minimum absolute atomic E-state index is 0.638. The molecule has 0 aliphatic carbocycles. The van der Waals surface area contributed by atoms with Gasteiger partial charge in [0.05, 0.1) is 17.4 Å². The minimum Gasteiger partial charge on any atom is -0.372 e. The van der Waals surface area contributed by atoms with Gasteiger partial charge in [-0.25, -0.2) is 4.98 Å². The highest BCUT2D eigenvalue weighted by molar-refractivity contribution is 5.75. The molecule has 2 heterocycles. The average molecular weight is 320 g/mol. The zero-order valence-electron chi connectivity index (χ0n) is 14.2. The van der Waals surface area contributed by atoms with Gasteiger partial charge in [-0.3, -0.25) is 4.90 Å². The Morgan fingerprint density at radius 2 is 1.92 bits per heavy atom. The maximum absolute atomic E-state index is 4.29. The van der Waals surface area contributed by atoms with Crippen LogP contribution in [0.15, 0.2) is 54.9 Å². The van der Waals surface area contributed by atoms with E-state index in [1.165, 1.54) is 24.1 Å². The van der Waals surface area contributed by atoms with Gasteiger partial charge in [0.1, 0.15) is 0 Å². The molecule has 1 aliphatic heterocycles. The first-order valence-electron chi connectivity index (χ1n) is 8.72. The molecule has 2 aromatic carbocycles. The van der Waals surface area contributed by atoms with Gasteiger partial charge in [-0.2, -0.15) is 0 Å². The third-order valence-electron chi connectivity index (χ3n) is 5.16. The van der Waals surface area contributed by atoms with Crippen molar-refractivity contribution in [3.63, 3.8) is 0 Å². The quantitative estimate of drug-likeness (QED) is 0.797. The van der Waals surface area contributed by atoms with E-state index in [0.717, 1.165) is 30.7 Å². The molecule has 4 nitrogen and oxygen atoms in total. The number of hydrogen-bond donors (Lipinski definition) is 1. The van der Waals surface area contributed by atoms with E-state index in [2.05, 4.69) is 75.3 Å². The molecule has 0 saturated carbocycles. The molecular formula is C20H24N4. The number of benzene rings is 2. The van der Waals surface area contributed by atoms with Crippen molar-refractivity contribution in [2.24, 2.45) is 0 Å². The fourth-order valence-electron chi connectivity index (χ4n) is 3.68. The number of imidazole rings is 1. The van der Waals surface area contributed by atoms with Crippen LogP contribution in [0.3, 0.4) is 0 Å². The molecule has 3 aromatic rings. The lowest BCUT2D eigenvalue weighted by molar-refractivity contribution is 0.203. The summed E-state index contributed by atoms with van der Waals surface area (Å²) in [7, 11) is 2.22. The zero-order valence-corrected chi connectivity index (χ0v) is 14.2. The van der Waals surface area contributed by atoms with E-state index in [1.54, 1.807) is 6.33 Å². The van der Waals surface area contributed by atoms with Crippen LogP contribution < -0.4 is 4.90 Å². The molecular weight excluding hydrogens is 296 g/mol. The first-order valence-corrected chi connectivity index (χ1v) is 8.72. The molecule has 124 valence electrons. The number of aromatic nitrogens is 2. The van der Waals surface area contributed by atoms with Gasteiger partial charge in [0.2, 0.25) is 0 Å². The second-order valence-corrected chi connectivity index (χ2v) is 6.71. The topological polar surface area (TPSA) is 35.2 Å². The highest BCUT2D eigenvalue weighted by Gasteiger charge is 2.22. The smallest absolute Gasteiger partial charge is 0.0931 e. The van der Waals surface area contributed by atoms with Gasteiger partial charge >= 0.3 is 0 Å². The van der Waals surface area contributed by atoms with Crippen molar-refractivity contribution in [1.29, 1.82) is 0 Å². The maximum Gasteiger partial charge on any atom is 0.0931 e. The number of anilines is 1. The fourth-order valence-corrected chi connectivity index (χ4v) is 3.68. The Bertz CT molecular complexity index is 788. The lowest BCUT2D eigenvalue weighted by Gasteiger charge is -2.38. The molecule has 1 saturated heterocycles. The molecule has 0 bridgehead atoms. The SMILES string of the molecule is CN(c1ccccc1)C1CCN(Cc2ccc3nc[nH]c3c2)CC1. The number of piperidine rings is 1. The van der Waals surface area contributed by atoms with E-state index in [9.17, 15) is 0 Å². The molecule has 0 unspecified atom stereocenters. The van der Waals surface area contributed by atoms with Crippen molar-refractivity contribution in [3.05, 3.63) is 60.4 Å². The molecule has 4 rings (SSSR count). The number of rotatable bonds is 4. The summed E-state index contributed by atoms with van der Waals surface area (Å²) in [5.74, 6) is 0. The Hall–Kier alpha value is -2.33. The summed E-state index contributed by atoms with van der Waals surface area (Å²) in [4.78, 5) is 12.5. The molecule has 1 aromatic heterocycles. The first kappa shape index (κ1) is 15.2. The monoisotopic (exact) mass is 320 g/mol. The minimum atomic E-state index is 0.638. The van der Waals surface area contributed by atoms with E-state index < -0.39 is 0 Å². The number of aromatic amines is 1. The van der Waals surface area contributed by atoms with Crippen molar-refractivity contribution < 1.29 is 0 Å². The van der Waals surface area contributed by atoms with Crippen LogP contribution in [-0.4, -0.2) is 41.0 Å². The van der Waals surface area contributed by atoms with Crippen LogP contribution in [0.1, 0.15) is 18.4 Å². The van der Waals surface area contributed by atoms with Gasteiger partial charge in [0, 0.05) is 38.4 Å². The van der Waals surface area contributed by atoms with Gasteiger partial charge in [-0.05, 0) is 42.7 Å². The number of H-pyrrole nitrogens is 1. The standard InChI is InChI=1S/C20H24N4/c1-23(17-5-3-2-4-6-17)18-9-11-24(12-10-18)14-16-7-8-19-20(13-16)22-15-21-19/h2-8,13,15,18H,9-12,14H2,1H3,(H,21,22). The average Bonchev–Trinajstić information content (AvgIpc) is 3.10. The summed E-state index contributed by atoms with van der Waals surface area (Å²) in [6.07, 6.45) is 4.20. The molecule has 24 heavy (non-hydrogen) atoms. The van der Waals surface area contributed by atoms with Gasteiger partial charge in [0.15, 0.2) is 0 Å². The highest BCUT2D eigenvalue weighted by atomic mass is 15.2. The Kier molecular flexibility index (Phi) is 4.22. The van der Waals surface area contributed by atoms with Gasteiger partial charge in [-0.15, -0.1) is 0 Å². The van der Waals surface area contributed by atoms with Crippen LogP contribution >= 0.6 is 0 Å². The van der Waals surface area contributed by atoms with Gasteiger partial charge in [0.25, 0.3) is 0 Å². The van der Waals surface area contributed by atoms with E-state index >= 15 is 0 Å². The summed E-state index contributed by atoms with van der Waals surface area (Å²) in [6, 6.07) is 17.9. The van der Waals surface area contributed by atoms with Gasteiger partial charge in [-0.1, -0.05) is 24.3 Å². The zero-order chi connectivity index (χ0) is 16.4. The number of fused-ring (bicyclic) bond motifs is 1. The third-order valence-corrected chi connectivity index (χ3v) is 5.16. The Balaban J connectivity index is 1.35. The number of para-hydroxylation sites is 1. The Morgan fingerprint density at radius 1 is 1.12 bits per heavy atom. The molecule has 1 N–H and O–H groups in total. The van der Waals surface area contributed by atoms with Crippen molar-refractivity contribution in [2.45, 2.75) is 25.4 Å². The van der Waals surface area contributed by atoms with Crippen molar-refractivity contribution in [2.75, 3.05) is 25.0 Å². The summed E-state index contributed by atoms with van der Waals surface area (Å²) in [6.45, 7) is 3.34. The lowest BCUT2D eigenvalue weighted by Crippen LogP contribution is -2.43. The molecule has 0 radical (unpaired) electrons.